The molecule has 1 aliphatic heterocycles. The van der Waals surface area contributed by atoms with Gasteiger partial charge in [0.15, 0.2) is 0 Å². The van der Waals surface area contributed by atoms with Gasteiger partial charge in [-0.3, -0.25) is 0 Å². The van der Waals surface area contributed by atoms with Crippen molar-refractivity contribution in [3.05, 3.63) is 12.7 Å². The van der Waals surface area contributed by atoms with E-state index in [1.54, 1.807) is 0 Å². The molecule has 3 rings (SSSR count). The van der Waals surface area contributed by atoms with Crippen LogP contribution in [0.5, 0.6) is 0 Å². The van der Waals surface area contributed by atoms with Crippen molar-refractivity contribution < 1.29 is 0 Å². The van der Waals surface area contributed by atoms with Gasteiger partial charge in [-0.1, -0.05) is 13.8 Å². The molecule has 2 heterocycles. The molecule has 0 amide bonds. The largest absolute Gasteiger partial charge is 0.317 e. The summed E-state index contributed by atoms with van der Waals surface area (Å²) in [5.41, 5.74) is 0. The minimum absolute atomic E-state index is 0.663. The van der Waals surface area contributed by atoms with Gasteiger partial charge < -0.3 is 9.47 Å². The third-order valence-electron chi connectivity index (χ3n) is 3.60. The molecule has 15 heavy (non-hydrogen) atoms. The van der Waals surface area contributed by atoms with Crippen molar-refractivity contribution in [1.29, 1.82) is 0 Å². The number of nitrogens with zero attached hydrogens (tertiary/aromatic N) is 4. The van der Waals surface area contributed by atoms with Gasteiger partial charge in [-0.15, -0.1) is 10.2 Å². The summed E-state index contributed by atoms with van der Waals surface area (Å²) in [6.07, 6.45) is 6.34. The zero-order valence-electron chi connectivity index (χ0n) is 9.80. The molecule has 2 fully saturated rings. The van der Waals surface area contributed by atoms with Gasteiger partial charge in [0.2, 0.25) is 0 Å². The van der Waals surface area contributed by atoms with Gasteiger partial charge in [0.05, 0.1) is 0 Å². The number of aromatic nitrogens is 3. The van der Waals surface area contributed by atoms with E-state index >= 15 is 0 Å². The number of hydrogen-bond acceptors (Lipinski definition) is 3. The van der Waals surface area contributed by atoms with Crippen LogP contribution in [-0.4, -0.2) is 39.3 Å². The van der Waals surface area contributed by atoms with Crippen molar-refractivity contribution >= 4 is 0 Å². The Morgan fingerprint density at radius 3 is 2.27 bits per heavy atom. The summed E-state index contributed by atoms with van der Waals surface area (Å²) >= 11 is 0. The van der Waals surface area contributed by atoms with Gasteiger partial charge in [-0.05, 0) is 25.8 Å². The molecular formula is C11H20N4. The van der Waals surface area contributed by atoms with E-state index in [-0.39, 0.29) is 0 Å². The van der Waals surface area contributed by atoms with Crippen LogP contribution in [0.15, 0.2) is 12.7 Å². The molecule has 0 aromatic carbocycles. The van der Waals surface area contributed by atoms with Gasteiger partial charge in [-0.25, -0.2) is 0 Å². The first-order valence-corrected chi connectivity index (χ1v) is 5.89. The van der Waals surface area contributed by atoms with E-state index in [1.165, 1.54) is 19.4 Å². The van der Waals surface area contributed by atoms with Gasteiger partial charge in [0, 0.05) is 18.6 Å². The van der Waals surface area contributed by atoms with Gasteiger partial charge >= 0.3 is 0 Å². The quantitative estimate of drug-likeness (QED) is 0.702. The lowest BCUT2D eigenvalue weighted by Crippen LogP contribution is -2.32. The number of likely N-dealkylation sites (tertiary alicyclic amines) is 1. The maximum atomic E-state index is 3.87. The zero-order valence-corrected chi connectivity index (χ0v) is 9.80. The minimum Gasteiger partial charge on any atom is -0.317 e. The topological polar surface area (TPSA) is 34.0 Å². The van der Waals surface area contributed by atoms with E-state index in [2.05, 4.69) is 26.7 Å². The SMILES string of the molecule is CC.CN1CC2CC1CC2n1cnnc1. The molecule has 3 atom stereocenters. The van der Waals surface area contributed by atoms with E-state index in [1.807, 2.05) is 26.5 Å². The molecule has 4 nitrogen and oxygen atoms in total. The molecule has 1 aliphatic carbocycles. The summed E-state index contributed by atoms with van der Waals surface area (Å²) in [6.45, 7) is 5.24. The van der Waals surface area contributed by atoms with E-state index in [4.69, 9.17) is 0 Å². The fraction of sp³-hybridized carbons (Fsp3) is 0.818. The number of fused-ring (bicyclic) bond motifs is 2. The number of rotatable bonds is 1. The van der Waals surface area contributed by atoms with Crippen LogP contribution in [0.1, 0.15) is 32.7 Å². The standard InChI is InChI=1S/C9H14N4.C2H6/c1-12-4-7-2-8(12)3-9(7)13-5-10-11-6-13;1-2/h5-9H,2-4H2,1H3;1-2H3. The lowest BCUT2D eigenvalue weighted by atomic mass is 10.0. The molecule has 2 aliphatic rings. The molecule has 1 aromatic rings. The Hall–Kier alpha value is -0.900. The molecule has 2 bridgehead atoms. The van der Waals surface area contributed by atoms with Crippen molar-refractivity contribution in [2.24, 2.45) is 5.92 Å². The normalized spacial score (nSPS) is 33.9. The first-order chi connectivity index (χ1) is 7.34. The molecule has 0 N–H and O–H groups in total. The maximum absolute atomic E-state index is 3.87. The third-order valence-corrected chi connectivity index (χ3v) is 3.60. The Labute approximate surface area is 91.3 Å². The van der Waals surface area contributed by atoms with Gasteiger partial charge in [0.1, 0.15) is 12.7 Å². The average Bonchev–Trinajstić information content (AvgIpc) is 2.94. The molecule has 1 aromatic heterocycles. The van der Waals surface area contributed by atoms with Crippen LogP contribution in [0, 0.1) is 5.92 Å². The summed E-state index contributed by atoms with van der Waals surface area (Å²) in [5, 5.41) is 7.74. The van der Waals surface area contributed by atoms with E-state index in [0.29, 0.717) is 6.04 Å². The fourth-order valence-corrected chi connectivity index (χ4v) is 2.89. The Bertz CT molecular complexity index is 294. The highest BCUT2D eigenvalue weighted by Gasteiger charge is 2.43. The van der Waals surface area contributed by atoms with Crippen LogP contribution in [0.4, 0.5) is 0 Å². The Kier molecular flexibility index (Phi) is 3.05. The smallest absolute Gasteiger partial charge is 0.119 e. The lowest BCUT2D eigenvalue weighted by molar-refractivity contribution is 0.211. The third kappa shape index (κ3) is 1.78. The Balaban J connectivity index is 0.000000404. The second kappa shape index (κ2) is 4.31. The summed E-state index contributed by atoms with van der Waals surface area (Å²) < 4.78 is 2.18. The molecule has 0 radical (unpaired) electrons. The zero-order chi connectivity index (χ0) is 10.8. The summed E-state index contributed by atoms with van der Waals surface area (Å²) in [4.78, 5) is 2.48. The first kappa shape index (κ1) is 10.6. The molecule has 1 saturated heterocycles. The molecule has 4 heteroatoms. The second-order valence-electron chi connectivity index (χ2n) is 4.30. The highest BCUT2D eigenvalue weighted by Crippen LogP contribution is 2.43. The van der Waals surface area contributed by atoms with Crippen LogP contribution < -0.4 is 0 Å². The number of hydrogen-bond donors (Lipinski definition) is 0. The molecule has 3 unspecified atom stereocenters. The molecule has 1 saturated carbocycles. The highest BCUT2D eigenvalue weighted by atomic mass is 15.3. The molecule has 84 valence electrons. The van der Waals surface area contributed by atoms with Crippen LogP contribution in [0.2, 0.25) is 0 Å². The van der Waals surface area contributed by atoms with E-state index < -0.39 is 0 Å². The highest BCUT2D eigenvalue weighted by molar-refractivity contribution is 4.99. The predicted molar refractivity (Wildman–Crippen MR) is 59.5 cm³/mol. The Morgan fingerprint density at radius 1 is 1.13 bits per heavy atom. The first-order valence-electron chi connectivity index (χ1n) is 5.89. The van der Waals surface area contributed by atoms with Crippen molar-refractivity contribution in [1.82, 2.24) is 19.7 Å². The van der Waals surface area contributed by atoms with Crippen LogP contribution in [0.3, 0.4) is 0 Å². The second-order valence-corrected chi connectivity index (χ2v) is 4.30. The van der Waals surface area contributed by atoms with Crippen molar-refractivity contribution in [3.8, 4) is 0 Å². The predicted octanol–water partition coefficient (Wildman–Crippen LogP) is 1.57. The summed E-state index contributed by atoms with van der Waals surface area (Å²) in [5.74, 6) is 0.825. The minimum atomic E-state index is 0.663. The van der Waals surface area contributed by atoms with Crippen molar-refractivity contribution in [3.63, 3.8) is 0 Å². The summed E-state index contributed by atoms with van der Waals surface area (Å²) in [6, 6.07) is 1.47. The van der Waals surface area contributed by atoms with Gasteiger partial charge in [-0.2, -0.15) is 0 Å². The monoisotopic (exact) mass is 208 g/mol. The fourth-order valence-electron chi connectivity index (χ4n) is 2.89. The average molecular weight is 208 g/mol. The lowest BCUT2D eigenvalue weighted by Gasteiger charge is -2.28. The van der Waals surface area contributed by atoms with Crippen LogP contribution in [-0.2, 0) is 0 Å². The van der Waals surface area contributed by atoms with Crippen LogP contribution >= 0.6 is 0 Å². The van der Waals surface area contributed by atoms with Gasteiger partial charge in [0.25, 0.3) is 0 Å². The maximum Gasteiger partial charge on any atom is 0.119 e. The van der Waals surface area contributed by atoms with E-state index in [9.17, 15) is 0 Å². The molecular weight excluding hydrogens is 188 g/mol. The van der Waals surface area contributed by atoms with Crippen molar-refractivity contribution in [2.75, 3.05) is 13.6 Å². The molecule has 0 spiro atoms. The van der Waals surface area contributed by atoms with Crippen molar-refractivity contribution in [2.45, 2.75) is 38.8 Å². The van der Waals surface area contributed by atoms with Crippen LogP contribution in [0.25, 0.3) is 0 Å². The Morgan fingerprint density at radius 2 is 1.80 bits per heavy atom. The van der Waals surface area contributed by atoms with E-state index in [0.717, 1.165) is 12.0 Å². The number of piperidine rings is 1. The summed E-state index contributed by atoms with van der Waals surface area (Å²) in [7, 11) is 2.23.